The van der Waals surface area contributed by atoms with E-state index in [2.05, 4.69) is 10.3 Å². The average Bonchev–Trinajstić information content (AvgIpc) is 3.15. The second-order valence-electron chi connectivity index (χ2n) is 8.54. The number of aryl methyl sites for hydroxylation is 2. The van der Waals surface area contributed by atoms with E-state index in [1.165, 1.54) is 29.8 Å². The van der Waals surface area contributed by atoms with Crippen LogP contribution in [0.1, 0.15) is 43.2 Å². The Morgan fingerprint density at radius 2 is 1.78 bits per heavy atom. The van der Waals surface area contributed by atoms with Crippen LogP contribution in [-0.4, -0.2) is 36.4 Å². The molecule has 32 heavy (non-hydrogen) atoms. The third-order valence-corrected chi connectivity index (χ3v) is 7.05. The first-order valence-corrected chi connectivity index (χ1v) is 12.0. The van der Waals surface area contributed by atoms with Gasteiger partial charge in [-0.05, 0) is 25.3 Å². The summed E-state index contributed by atoms with van der Waals surface area (Å²) in [5.74, 6) is 0.180. The Balaban J connectivity index is 1.67. The highest BCUT2D eigenvalue weighted by Crippen LogP contribution is 2.24. The minimum absolute atomic E-state index is 0.0300. The fraction of sp³-hybridized carbons (Fsp3) is 0.478. The van der Waals surface area contributed by atoms with E-state index in [1.807, 2.05) is 35.8 Å². The highest BCUT2D eigenvalue weighted by Gasteiger charge is 2.21. The standard InChI is InChI=1S/C23H29N5O3S/c1-15-9-11-16(12-10-15)13-28-19-20(26(2)23(31)27(3)21(19)30)25-22(28)32-14-18(29)24-17-7-5-4-6-8-17/h9-12,17H,4-8,13-14H2,1-3H3,(H,24,29). The quantitative estimate of drug-likeness (QED) is 0.576. The molecule has 0 saturated heterocycles. The molecule has 1 saturated carbocycles. The smallest absolute Gasteiger partial charge is 0.332 e. The summed E-state index contributed by atoms with van der Waals surface area (Å²) in [6, 6.07) is 8.31. The van der Waals surface area contributed by atoms with Gasteiger partial charge in [0.2, 0.25) is 5.91 Å². The molecule has 1 fully saturated rings. The van der Waals surface area contributed by atoms with Gasteiger partial charge >= 0.3 is 5.69 Å². The Bertz CT molecular complexity index is 1250. The van der Waals surface area contributed by atoms with Crippen LogP contribution < -0.4 is 16.6 Å². The van der Waals surface area contributed by atoms with Crippen LogP contribution in [0.3, 0.4) is 0 Å². The highest BCUT2D eigenvalue weighted by molar-refractivity contribution is 7.99. The van der Waals surface area contributed by atoms with Crippen molar-refractivity contribution in [2.45, 2.75) is 56.8 Å². The minimum atomic E-state index is -0.422. The third-order valence-electron chi connectivity index (χ3n) is 6.08. The molecule has 9 heteroatoms. The Kier molecular flexibility index (Phi) is 6.55. The van der Waals surface area contributed by atoms with E-state index in [0.717, 1.165) is 41.4 Å². The minimum Gasteiger partial charge on any atom is -0.353 e. The number of nitrogens with one attached hydrogen (secondary N) is 1. The number of rotatable bonds is 6. The van der Waals surface area contributed by atoms with Gasteiger partial charge in [-0.15, -0.1) is 0 Å². The van der Waals surface area contributed by atoms with E-state index in [1.54, 1.807) is 7.05 Å². The molecule has 1 aromatic carbocycles. The van der Waals surface area contributed by atoms with Gasteiger partial charge in [-0.2, -0.15) is 0 Å². The molecule has 2 heterocycles. The van der Waals surface area contributed by atoms with Gasteiger partial charge in [0, 0.05) is 20.1 Å². The van der Waals surface area contributed by atoms with Gasteiger partial charge in [-0.1, -0.05) is 60.9 Å². The van der Waals surface area contributed by atoms with E-state index in [9.17, 15) is 14.4 Å². The van der Waals surface area contributed by atoms with Crippen LogP contribution in [0.25, 0.3) is 11.2 Å². The van der Waals surface area contributed by atoms with Gasteiger partial charge in [0.25, 0.3) is 5.56 Å². The predicted molar refractivity (Wildman–Crippen MR) is 126 cm³/mol. The zero-order valence-corrected chi connectivity index (χ0v) is 19.6. The van der Waals surface area contributed by atoms with Crippen LogP contribution in [0.2, 0.25) is 0 Å². The molecule has 4 rings (SSSR count). The summed E-state index contributed by atoms with van der Waals surface area (Å²) in [4.78, 5) is 42.6. The van der Waals surface area contributed by atoms with Crippen LogP contribution in [0.5, 0.6) is 0 Å². The monoisotopic (exact) mass is 455 g/mol. The Morgan fingerprint density at radius 1 is 1.09 bits per heavy atom. The number of carbonyl (C=O) groups is 1. The second kappa shape index (κ2) is 9.36. The molecule has 0 unspecified atom stereocenters. The van der Waals surface area contributed by atoms with Crippen molar-refractivity contribution in [3.8, 4) is 0 Å². The molecule has 0 spiro atoms. The van der Waals surface area contributed by atoms with Crippen molar-refractivity contribution < 1.29 is 4.79 Å². The maximum atomic E-state index is 13.0. The number of carbonyl (C=O) groups excluding carboxylic acids is 1. The lowest BCUT2D eigenvalue weighted by Crippen LogP contribution is -2.37. The first-order valence-electron chi connectivity index (χ1n) is 11.0. The molecule has 1 N–H and O–H groups in total. The number of nitrogens with zero attached hydrogens (tertiary/aromatic N) is 4. The van der Waals surface area contributed by atoms with E-state index in [-0.39, 0.29) is 23.3 Å². The van der Waals surface area contributed by atoms with Crippen molar-refractivity contribution in [2.24, 2.45) is 14.1 Å². The first-order chi connectivity index (χ1) is 15.3. The Labute approximate surface area is 190 Å². The first kappa shape index (κ1) is 22.4. The average molecular weight is 456 g/mol. The summed E-state index contributed by atoms with van der Waals surface area (Å²) in [5.41, 5.74) is 2.05. The van der Waals surface area contributed by atoms with Crippen LogP contribution in [0.15, 0.2) is 39.0 Å². The van der Waals surface area contributed by atoms with Crippen LogP contribution >= 0.6 is 11.8 Å². The van der Waals surface area contributed by atoms with E-state index >= 15 is 0 Å². The SMILES string of the molecule is Cc1ccc(Cn2c(SCC(=O)NC3CCCCC3)nc3c2c(=O)n(C)c(=O)n3C)cc1. The molecule has 0 aliphatic heterocycles. The Hall–Kier alpha value is -2.81. The molecule has 0 bridgehead atoms. The molecule has 0 radical (unpaired) electrons. The number of amides is 1. The summed E-state index contributed by atoms with van der Waals surface area (Å²) in [7, 11) is 3.08. The molecule has 8 nitrogen and oxygen atoms in total. The van der Waals surface area contributed by atoms with E-state index < -0.39 is 5.69 Å². The highest BCUT2D eigenvalue weighted by atomic mass is 32.2. The molecule has 1 aliphatic carbocycles. The molecule has 1 amide bonds. The van der Waals surface area contributed by atoms with Gasteiger partial charge in [0.05, 0.1) is 12.3 Å². The molecule has 170 valence electrons. The van der Waals surface area contributed by atoms with E-state index in [0.29, 0.717) is 22.9 Å². The number of hydrogen-bond acceptors (Lipinski definition) is 5. The molecule has 1 aliphatic rings. The lowest BCUT2D eigenvalue weighted by molar-refractivity contribution is -0.119. The summed E-state index contributed by atoms with van der Waals surface area (Å²) in [6.07, 6.45) is 5.60. The second-order valence-corrected chi connectivity index (χ2v) is 9.48. The normalized spacial score (nSPS) is 14.7. The number of hydrogen-bond donors (Lipinski definition) is 1. The van der Waals surface area contributed by atoms with Crippen LogP contribution in [0.4, 0.5) is 0 Å². The molecular weight excluding hydrogens is 426 g/mol. The fourth-order valence-corrected chi connectivity index (χ4v) is 5.01. The largest absolute Gasteiger partial charge is 0.353 e. The number of imidazole rings is 1. The molecule has 0 atom stereocenters. The lowest BCUT2D eigenvalue weighted by Gasteiger charge is -2.22. The summed E-state index contributed by atoms with van der Waals surface area (Å²) < 4.78 is 4.30. The number of benzene rings is 1. The van der Waals surface area contributed by atoms with Crippen molar-refractivity contribution in [2.75, 3.05) is 5.75 Å². The topological polar surface area (TPSA) is 90.9 Å². The number of fused-ring (bicyclic) bond motifs is 1. The molecule has 2 aromatic heterocycles. The molecular formula is C23H29N5O3S. The Morgan fingerprint density at radius 3 is 2.47 bits per heavy atom. The van der Waals surface area contributed by atoms with Gasteiger partial charge in [-0.3, -0.25) is 18.7 Å². The maximum absolute atomic E-state index is 13.0. The van der Waals surface area contributed by atoms with Crippen LogP contribution in [0, 0.1) is 6.92 Å². The summed E-state index contributed by atoms with van der Waals surface area (Å²) in [6.45, 7) is 2.45. The van der Waals surface area contributed by atoms with Crippen molar-refractivity contribution in [1.82, 2.24) is 24.0 Å². The van der Waals surface area contributed by atoms with Crippen molar-refractivity contribution >= 4 is 28.8 Å². The summed E-state index contributed by atoms with van der Waals surface area (Å²) in [5, 5.41) is 3.67. The molecule has 3 aromatic rings. The van der Waals surface area contributed by atoms with Gasteiger partial charge in [0.15, 0.2) is 16.3 Å². The summed E-state index contributed by atoms with van der Waals surface area (Å²) >= 11 is 1.30. The maximum Gasteiger partial charge on any atom is 0.332 e. The third kappa shape index (κ3) is 4.53. The van der Waals surface area contributed by atoms with Gasteiger partial charge < -0.3 is 9.88 Å². The van der Waals surface area contributed by atoms with Crippen molar-refractivity contribution in [3.63, 3.8) is 0 Å². The van der Waals surface area contributed by atoms with Gasteiger partial charge in [-0.25, -0.2) is 9.78 Å². The zero-order chi connectivity index (χ0) is 22.8. The lowest BCUT2D eigenvalue weighted by atomic mass is 9.95. The van der Waals surface area contributed by atoms with Crippen molar-refractivity contribution in [1.29, 1.82) is 0 Å². The fourth-order valence-electron chi connectivity index (χ4n) is 4.21. The predicted octanol–water partition coefficient (Wildman–Crippen LogP) is 2.33. The van der Waals surface area contributed by atoms with Crippen LogP contribution in [-0.2, 0) is 25.4 Å². The zero-order valence-electron chi connectivity index (χ0n) is 18.8. The van der Waals surface area contributed by atoms with E-state index in [4.69, 9.17) is 0 Å². The number of thioether (sulfide) groups is 1. The van der Waals surface area contributed by atoms with Gasteiger partial charge in [0.1, 0.15) is 0 Å². The van der Waals surface area contributed by atoms with Crippen molar-refractivity contribution in [3.05, 3.63) is 56.2 Å². The number of aromatic nitrogens is 4.